The molecule has 4 nitrogen and oxygen atoms in total. The Labute approximate surface area is 103 Å². The highest BCUT2D eigenvalue weighted by Gasteiger charge is 2.09. The number of hydrogen-bond donors (Lipinski definition) is 2. The summed E-state index contributed by atoms with van der Waals surface area (Å²) in [6.45, 7) is 4.64. The van der Waals surface area contributed by atoms with Crippen LogP contribution in [0.15, 0.2) is 24.5 Å². The van der Waals surface area contributed by atoms with Crippen molar-refractivity contribution < 1.29 is 4.79 Å². The molecule has 1 aromatic rings. The van der Waals surface area contributed by atoms with Crippen LogP contribution in [0, 0.1) is 5.92 Å². The Hall–Kier alpha value is -1.42. The summed E-state index contributed by atoms with van der Waals surface area (Å²) in [4.78, 5) is 15.6. The molecule has 0 radical (unpaired) electrons. The van der Waals surface area contributed by atoms with Crippen LogP contribution in [0.5, 0.6) is 0 Å². The van der Waals surface area contributed by atoms with E-state index in [0.717, 1.165) is 12.0 Å². The second-order valence-corrected chi connectivity index (χ2v) is 4.57. The van der Waals surface area contributed by atoms with E-state index in [4.69, 9.17) is 5.73 Å². The van der Waals surface area contributed by atoms with E-state index in [1.165, 1.54) is 0 Å². The first kappa shape index (κ1) is 13.6. The van der Waals surface area contributed by atoms with Gasteiger partial charge in [0.2, 0.25) is 5.91 Å². The average Bonchev–Trinajstić information content (AvgIpc) is 2.34. The van der Waals surface area contributed by atoms with Gasteiger partial charge in [0.25, 0.3) is 0 Å². The molecule has 0 saturated carbocycles. The van der Waals surface area contributed by atoms with E-state index in [2.05, 4.69) is 10.3 Å². The molecule has 1 aromatic heterocycles. The van der Waals surface area contributed by atoms with Crippen molar-refractivity contribution in [1.29, 1.82) is 0 Å². The second kappa shape index (κ2) is 7.01. The molecule has 0 aliphatic heterocycles. The number of nitrogens with two attached hydrogens (primary N) is 1. The Morgan fingerprint density at radius 3 is 2.88 bits per heavy atom. The zero-order valence-electron chi connectivity index (χ0n) is 10.5. The third-order valence-corrected chi connectivity index (χ3v) is 2.75. The number of amides is 1. The molecule has 0 aliphatic rings. The summed E-state index contributed by atoms with van der Waals surface area (Å²) in [6.07, 6.45) is 4.71. The fraction of sp³-hybridized carbons (Fsp3) is 0.538. The van der Waals surface area contributed by atoms with Crippen LogP contribution in [-0.4, -0.2) is 23.5 Å². The van der Waals surface area contributed by atoms with Crippen molar-refractivity contribution >= 4 is 5.91 Å². The van der Waals surface area contributed by atoms with Gasteiger partial charge < -0.3 is 11.1 Å². The van der Waals surface area contributed by atoms with Crippen LogP contribution in [0.1, 0.15) is 25.8 Å². The number of aromatic nitrogens is 1. The van der Waals surface area contributed by atoms with Crippen LogP contribution in [0.4, 0.5) is 0 Å². The van der Waals surface area contributed by atoms with E-state index in [0.29, 0.717) is 18.9 Å². The Bertz CT molecular complexity index is 338. The number of rotatable bonds is 6. The van der Waals surface area contributed by atoms with E-state index in [1.807, 2.05) is 26.0 Å². The van der Waals surface area contributed by atoms with Crippen LogP contribution in [0.3, 0.4) is 0 Å². The number of nitrogens with zero attached hydrogens (tertiary/aromatic N) is 1. The molecular formula is C13H21N3O. The lowest BCUT2D eigenvalue weighted by molar-refractivity contribution is -0.121. The highest BCUT2D eigenvalue weighted by atomic mass is 16.1. The quantitative estimate of drug-likeness (QED) is 0.776. The SMILES string of the molecule is CC(C)C(N)CNC(=O)CCc1cccnc1. The highest BCUT2D eigenvalue weighted by Crippen LogP contribution is 2.00. The average molecular weight is 235 g/mol. The van der Waals surface area contributed by atoms with Gasteiger partial charge in [-0.25, -0.2) is 0 Å². The molecular weight excluding hydrogens is 214 g/mol. The summed E-state index contributed by atoms with van der Waals surface area (Å²) in [7, 11) is 0. The minimum Gasteiger partial charge on any atom is -0.355 e. The molecule has 0 bridgehead atoms. The molecule has 1 atom stereocenters. The van der Waals surface area contributed by atoms with Gasteiger partial charge in [-0.3, -0.25) is 9.78 Å². The summed E-state index contributed by atoms with van der Waals surface area (Å²) in [5.74, 6) is 0.429. The summed E-state index contributed by atoms with van der Waals surface area (Å²) >= 11 is 0. The van der Waals surface area contributed by atoms with Crippen molar-refractivity contribution in [1.82, 2.24) is 10.3 Å². The number of carbonyl (C=O) groups excluding carboxylic acids is 1. The van der Waals surface area contributed by atoms with Gasteiger partial charge in [-0.05, 0) is 24.0 Å². The third-order valence-electron chi connectivity index (χ3n) is 2.75. The van der Waals surface area contributed by atoms with Crippen molar-refractivity contribution in [2.75, 3.05) is 6.54 Å². The number of nitrogens with one attached hydrogen (secondary N) is 1. The lowest BCUT2D eigenvalue weighted by atomic mass is 10.1. The number of aryl methyl sites for hydroxylation is 1. The molecule has 0 spiro atoms. The van der Waals surface area contributed by atoms with Gasteiger partial charge in [-0.15, -0.1) is 0 Å². The Morgan fingerprint density at radius 2 is 2.29 bits per heavy atom. The van der Waals surface area contributed by atoms with Crippen molar-refractivity contribution in [3.63, 3.8) is 0 Å². The minimum atomic E-state index is 0.0253. The van der Waals surface area contributed by atoms with E-state index < -0.39 is 0 Å². The number of carbonyl (C=O) groups is 1. The molecule has 1 unspecified atom stereocenters. The summed E-state index contributed by atoms with van der Waals surface area (Å²) in [6, 6.07) is 3.87. The first-order chi connectivity index (χ1) is 8.09. The number of hydrogen-bond acceptors (Lipinski definition) is 3. The van der Waals surface area contributed by atoms with E-state index in [1.54, 1.807) is 12.4 Å². The van der Waals surface area contributed by atoms with Crippen molar-refractivity contribution in [2.24, 2.45) is 11.7 Å². The molecule has 0 saturated heterocycles. The summed E-state index contributed by atoms with van der Waals surface area (Å²) in [5.41, 5.74) is 6.93. The molecule has 4 heteroatoms. The highest BCUT2D eigenvalue weighted by molar-refractivity contribution is 5.76. The van der Waals surface area contributed by atoms with Crippen molar-refractivity contribution in [3.8, 4) is 0 Å². The zero-order chi connectivity index (χ0) is 12.7. The molecule has 1 rings (SSSR count). The molecule has 1 amide bonds. The van der Waals surface area contributed by atoms with Crippen LogP contribution in [0.2, 0.25) is 0 Å². The first-order valence-corrected chi connectivity index (χ1v) is 6.00. The minimum absolute atomic E-state index is 0.0253. The first-order valence-electron chi connectivity index (χ1n) is 6.00. The van der Waals surface area contributed by atoms with Gasteiger partial charge in [-0.2, -0.15) is 0 Å². The fourth-order valence-electron chi connectivity index (χ4n) is 1.36. The van der Waals surface area contributed by atoms with Crippen LogP contribution in [0.25, 0.3) is 0 Å². The molecule has 1 heterocycles. The van der Waals surface area contributed by atoms with Gasteiger partial charge in [0, 0.05) is 31.4 Å². The predicted octanol–water partition coefficient (Wildman–Crippen LogP) is 1.11. The third kappa shape index (κ3) is 5.45. The van der Waals surface area contributed by atoms with Crippen LogP contribution < -0.4 is 11.1 Å². The molecule has 0 aromatic carbocycles. The molecule has 3 N–H and O–H groups in total. The van der Waals surface area contributed by atoms with Crippen molar-refractivity contribution in [2.45, 2.75) is 32.7 Å². The molecule has 17 heavy (non-hydrogen) atoms. The Morgan fingerprint density at radius 1 is 1.53 bits per heavy atom. The molecule has 0 fully saturated rings. The lowest BCUT2D eigenvalue weighted by Crippen LogP contribution is -2.40. The standard InChI is InChI=1S/C13H21N3O/c1-10(2)12(14)9-16-13(17)6-5-11-4-3-7-15-8-11/h3-4,7-8,10,12H,5-6,9,14H2,1-2H3,(H,16,17). The van der Waals surface area contributed by atoms with E-state index in [-0.39, 0.29) is 11.9 Å². The van der Waals surface area contributed by atoms with Gasteiger partial charge in [0.15, 0.2) is 0 Å². The van der Waals surface area contributed by atoms with Gasteiger partial charge >= 0.3 is 0 Å². The number of pyridine rings is 1. The predicted molar refractivity (Wildman–Crippen MR) is 68.4 cm³/mol. The lowest BCUT2D eigenvalue weighted by Gasteiger charge is -2.16. The van der Waals surface area contributed by atoms with Crippen LogP contribution >= 0.6 is 0 Å². The fourth-order valence-corrected chi connectivity index (χ4v) is 1.36. The second-order valence-electron chi connectivity index (χ2n) is 4.57. The molecule has 0 aliphatic carbocycles. The maximum atomic E-state index is 11.6. The maximum Gasteiger partial charge on any atom is 0.220 e. The van der Waals surface area contributed by atoms with Gasteiger partial charge in [0.1, 0.15) is 0 Å². The maximum absolute atomic E-state index is 11.6. The largest absolute Gasteiger partial charge is 0.355 e. The normalized spacial score (nSPS) is 12.5. The van der Waals surface area contributed by atoms with E-state index in [9.17, 15) is 4.79 Å². The smallest absolute Gasteiger partial charge is 0.220 e. The topological polar surface area (TPSA) is 68.0 Å². The zero-order valence-corrected chi connectivity index (χ0v) is 10.5. The summed E-state index contributed by atoms with van der Waals surface area (Å²) in [5, 5.41) is 2.85. The Kier molecular flexibility index (Phi) is 5.63. The van der Waals surface area contributed by atoms with Gasteiger partial charge in [-0.1, -0.05) is 19.9 Å². The Balaban J connectivity index is 2.22. The molecule has 94 valence electrons. The van der Waals surface area contributed by atoms with Gasteiger partial charge in [0.05, 0.1) is 0 Å². The van der Waals surface area contributed by atoms with E-state index >= 15 is 0 Å². The summed E-state index contributed by atoms with van der Waals surface area (Å²) < 4.78 is 0. The van der Waals surface area contributed by atoms with Crippen molar-refractivity contribution in [3.05, 3.63) is 30.1 Å². The van der Waals surface area contributed by atoms with Crippen LogP contribution in [-0.2, 0) is 11.2 Å². The monoisotopic (exact) mass is 235 g/mol.